The van der Waals surface area contributed by atoms with E-state index in [1.165, 1.54) is 22.2 Å². The lowest BCUT2D eigenvalue weighted by Crippen LogP contribution is -2.17. The van der Waals surface area contributed by atoms with Crippen molar-refractivity contribution in [3.8, 4) is 0 Å². The van der Waals surface area contributed by atoms with Crippen LogP contribution < -0.4 is 5.32 Å². The summed E-state index contributed by atoms with van der Waals surface area (Å²) in [5, 5.41) is 13.6. The number of rotatable bonds is 7. The lowest BCUT2D eigenvalue weighted by molar-refractivity contribution is 0.283. The maximum absolute atomic E-state index is 8.73. The van der Waals surface area contributed by atoms with Crippen molar-refractivity contribution in [3.63, 3.8) is 0 Å². The largest absolute Gasteiger partial charge is 0.396 e. The zero-order chi connectivity index (χ0) is 13.7. The molecular formula is C16H24N2O. The van der Waals surface area contributed by atoms with E-state index < -0.39 is 0 Å². The number of aromatic nitrogens is 1. The summed E-state index contributed by atoms with van der Waals surface area (Å²) in [4.78, 5) is 0. The number of aliphatic hydroxyl groups is 1. The molecule has 0 aliphatic heterocycles. The Hall–Kier alpha value is -1.32. The van der Waals surface area contributed by atoms with Crippen LogP contribution in [0, 0.1) is 6.92 Å². The van der Waals surface area contributed by atoms with Gasteiger partial charge >= 0.3 is 0 Å². The van der Waals surface area contributed by atoms with Crippen LogP contribution in [0.25, 0.3) is 10.9 Å². The van der Waals surface area contributed by atoms with Gasteiger partial charge < -0.3 is 15.0 Å². The molecule has 0 fully saturated rings. The fourth-order valence-corrected chi connectivity index (χ4v) is 2.63. The average Bonchev–Trinajstić information content (AvgIpc) is 2.68. The molecule has 0 radical (unpaired) electrons. The van der Waals surface area contributed by atoms with Crippen LogP contribution in [-0.4, -0.2) is 22.8 Å². The first-order valence-electron chi connectivity index (χ1n) is 7.10. The third-order valence-corrected chi connectivity index (χ3v) is 3.81. The number of fused-ring (bicyclic) bond motifs is 1. The van der Waals surface area contributed by atoms with Crippen LogP contribution in [0.1, 0.15) is 30.5 Å². The number of hydrogen-bond donors (Lipinski definition) is 2. The van der Waals surface area contributed by atoms with E-state index in [2.05, 4.69) is 48.1 Å². The predicted molar refractivity (Wildman–Crippen MR) is 80.3 cm³/mol. The molecule has 0 atom stereocenters. The highest BCUT2D eigenvalue weighted by atomic mass is 16.2. The molecule has 0 unspecified atom stereocenters. The predicted octanol–water partition coefficient (Wildman–Crippen LogP) is 2.74. The summed E-state index contributed by atoms with van der Waals surface area (Å²) < 4.78 is 2.28. The highest BCUT2D eigenvalue weighted by molar-refractivity contribution is 5.85. The molecule has 0 saturated heterocycles. The van der Waals surface area contributed by atoms with Crippen LogP contribution in [0.3, 0.4) is 0 Å². The fraction of sp³-hybridized carbons (Fsp3) is 0.500. The zero-order valence-electron chi connectivity index (χ0n) is 11.9. The van der Waals surface area contributed by atoms with E-state index in [4.69, 9.17) is 5.11 Å². The van der Waals surface area contributed by atoms with Crippen molar-refractivity contribution >= 4 is 10.9 Å². The number of hydrogen-bond acceptors (Lipinski definition) is 2. The maximum Gasteiger partial charge on any atom is 0.0483 e. The Morgan fingerprint density at radius 2 is 1.95 bits per heavy atom. The van der Waals surface area contributed by atoms with E-state index in [0.717, 1.165) is 32.4 Å². The minimum absolute atomic E-state index is 0.308. The third-order valence-electron chi connectivity index (χ3n) is 3.81. The number of aliphatic hydroxyl groups excluding tert-OH is 1. The quantitative estimate of drug-likeness (QED) is 0.751. The normalized spacial score (nSPS) is 11.3. The van der Waals surface area contributed by atoms with Crippen molar-refractivity contribution < 1.29 is 5.11 Å². The van der Waals surface area contributed by atoms with Crippen LogP contribution in [0.15, 0.2) is 24.3 Å². The standard InChI is InChI=1S/C16H24N2O/c1-13-14-8-4-5-9-15(14)18(2)16(13)12-17-10-6-3-7-11-19/h4-5,8-9,17,19H,3,6-7,10-12H2,1-2H3. The van der Waals surface area contributed by atoms with Crippen LogP contribution >= 0.6 is 0 Å². The number of nitrogens with one attached hydrogen (secondary N) is 1. The van der Waals surface area contributed by atoms with Gasteiger partial charge in [0.1, 0.15) is 0 Å². The molecule has 2 rings (SSSR count). The second-order valence-electron chi connectivity index (χ2n) is 5.11. The molecule has 1 aromatic carbocycles. The monoisotopic (exact) mass is 260 g/mol. The SMILES string of the molecule is Cc1c(CNCCCCCO)n(C)c2ccccc12. The molecule has 1 heterocycles. The van der Waals surface area contributed by atoms with Crippen molar-refractivity contribution in [2.75, 3.05) is 13.2 Å². The number of benzene rings is 1. The summed E-state index contributed by atoms with van der Waals surface area (Å²) in [5.41, 5.74) is 4.04. The molecule has 2 N–H and O–H groups in total. The Kier molecular flexibility index (Phi) is 5.00. The molecule has 0 bridgehead atoms. The van der Waals surface area contributed by atoms with Gasteiger partial charge in [0.15, 0.2) is 0 Å². The molecule has 2 aromatic rings. The molecule has 0 saturated carbocycles. The van der Waals surface area contributed by atoms with E-state index in [1.807, 2.05) is 0 Å². The van der Waals surface area contributed by atoms with Gasteiger partial charge in [-0.05, 0) is 44.4 Å². The van der Waals surface area contributed by atoms with Gasteiger partial charge in [0.25, 0.3) is 0 Å². The average molecular weight is 260 g/mol. The molecule has 19 heavy (non-hydrogen) atoms. The van der Waals surface area contributed by atoms with E-state index >= 15 is 0 Å². The number of para-hydroxylation sites is 1. The first-order chi connectivity index (χ1) is 9.25. The van der Waals surface area contributed by atoms with Crippen LogP contribution in [-0.2, 0) is 13.6 Å². The fourth-order valence-electron chi connectivity index (χ4n) is 2.63. The molecular weight excluding hydrogens is 236 g/mol. The van der Waals surface area contributed by atoms with E-state index in [0.29, 0.717) is 6.61 Å². The number of unbranched alkanes of at least 4 members (excludes halogenated alkanes) is 2. The Morgan fingerprint density at radius 1 is 1.16 bits per heavy atom. The van der Waals surface area contributed by atoms with Gasteiger partial charge in [0, 0.05) is 36.8 Å². The summed E-state index contributed by atoms with van der Waals surface area (Å²) in [6.07, 6.45) is 3.13. The third kappa shape index (κ3) is 3.17. The lowest BCUT2D eigenvalue weighted by atomic mass is 10.1. The summed E-state index contributed by atoms with van der Waals surface area (Å²) in [5.74, 6) is 0. The van der Waals surface area contributed by atoms with Gasteiger partial charge in [0.05, 0.1) is 0 Å². The van der Waals surface area contributed by atoms with Gasteiger partial charge in [-0.1, -0.05) is 18.2 Å². The Morgan fingerprint density at radius 3 is 2.68 bits per heavy atom. The van der Waals surface area contributed by atoms with Crippen molar-refractivity contribution in [2.45, 2.75) is 32.7 Å². The second-order valence-corrected chi connectivity index (χ2v) is 5.11. The molecule has 0 aliphatic rings. The second kappa shape index (κ2) is 6.73. The Labute approximate surface area is 115 Å². The van der Waals surface area contributed by atoms with Crippen molar-refractivity contribution in [1.29, 1.82) is 0 Å². The van der Waals surface area contributed by atoms with Crippen molar-refractivity contribution in [1.82, 2.24) is 9.88 Å². The molecule has 3 nitrogen and oxygen atoms in total. The van der Waals surface area contributed by atoms with Crippen LogP contribution in [0.2, 0.25) is 0 Å². The molecule has 1 aromatic heterocycles. The van der Waals surface area contributed by atoms with Gasteiger partial charge in [-0.25, -0.2) is 0 Å². The van der Waals surface area contributed by atoms with Crippen LogP contribution in [0.4, 0.5) is 0 Å². The Bertz CT molecular complexity index is 492. The van der Waals surface area contributed by atoms with E-state index in [-0.39, 0.29) is 0 Å². The van der Waals surface area contributed by atoms with Gasteiger partial charge in [-0.3, -0.25) is 0 Å². The van der Waals surface area contributed by atoms with E-state index in [1.54, 1.807) is 0 Å². The van der Waals surface area contributed by atoms with Crippen molar-refractivity contribution in [3.05, 3.63) is 35.5 Å². The van der Waals surface area contributed by atoms with E-state index in [9.17, 15) is 0 Å². The maximum atomic E-state index is 8.73. The molecule has 0 aliphatic carbocycles. The topological polar surface area (TPSA) is 37.2 Å². The number of nitrogens with zero attached hydrogens (tertiary/aromatic N) is 1. The minimum atomic E-state index is 0.308. The first-order valence-corrected chi connectivity index (χ1v) is 7.10. The molecule has 104 valence electrons. The van der Waals surface area contributed by atoms with Gasteiger partial charge in [-0.15, -0.1) is 0 Å². The molecule has 0 amide bonds. The summed E-state index contributed by atoms with van der Waals surface area (Å²) in [6, 6.07) is 8.55. The van der Waals surface area contributed by atoms with Gasteiger partial charge in [-0.2, -0.15) is 0 Å². The summed E-state index contributed by atoms with van der Waals surface area (Å²) >= 11 is 0. The lowest BCUT2D eigenvalue weighted by Gasteiger charge is -2.08. The molecule has 3 heteroatoms. The smallest absolute Gasteiger partial charge is 0.0483 e. The van der Waals surface area contributed by atoms with Crippen molar-refractivity contribution in [2.24, 2.45) is 7.05 Å². The first kappa shape index (κ1) is 14.1. The molecule has 0 spiro atoms. The Balaban J connectivity index is 1.97. The summed E-state index contributed by atoms with van der Waals surface area (Å²) in [7, 11) is 2.14. The highest BCUT2D eigenvalue weighted by Gasteiger charge is 2.10. The minimum Gasteiger partial charge on any atom is -0.396 e. The number of aryl methyl sites for hydroxylation is 2. The highest BCUT2D eigenvalue weighted by Crippen LogP contribution is 2.24. The van der Waals surface area contributed by atoms with Gasteiger partial charge in [0.2, 0.25) is 0 Å². The van der Waals surface area contributed by atoms with Crippen LogP contribution in [0.5, 0.6) is 0 Å². The summed E-state index contributed by atoms with van der Waals surface area (Å²) in [6.45, 7) is 4.44. The zero-order valence-corrected chi connectivity index (χ0v) is 11.9.